The van der Waals surface area contributed by atoms with Gasteiger partial charge in [0.05, 0.1) is 5.56 Å². The highest BCUT2D eigenvalue weighted by atomic mass is 19.1. The molecule has 0 fully saturated rings. The second-order valence-corrected chi connectivity index (χ2v) is 4.86. The molecule has 0 unspecified atom stereocenters. The van der Waals surface area contributed by atoms with Crippen LogP contribution in [0.4, 0.5) is 4.39 Å². The Balaban J connectivity index is 1.86. The molecule has 0 radical (unpaired) electrons. The third-order valence-electron chi connectivity index (χ3n) is 3.13. The van der Waals surface area contributed by atoms with Gasteiger partial charge in [-0.2, -0.15) is 0 Å². The lowest BCUT2D eigenvalue weighted by atomic mass is 10.1. The summed E-state index contributed by atoms with van der Waals surface area (Å²) >= 11 is 0. The maximum Gasteiger partial charge on any atom is 0.244 e. The summed E-state index contributed by atoms with van der Waals surface area (Å²) in [6, 6.07) is 9.76. The molecule has 1 heterocycles. The molecule has 0 bridgehead atoms. The summed E-state index contributed by atoms with van der Waals surface area (Å²) in [6.45, 7) is 3.80. The van der Waals surface area contributed by atoms with Gasteiger partial charge in [-0.25, -0.2) is 4.39 Å². The number of amides is 1. The Morgan fingerprint density at radius 3 is 2.91 bits per heavy atom. The summed E-state index contributed by atoms with van der Waals surface area (Å²) in [5.74, 6) is 0.377. The van der Waals surface area contributed by atoms with E-state index in [9.17, 15) is 9.18 Å². The second-order valence-electron chi connectivity index (χ2n) is 4.86. The van der Waals surface area contributed by atoms with Crippen molar-refractivity contribution in [2.75, 3.05) is 19.8 Å². The monoisotopic (exact) mass is 317 g/mol. The van der Waals surface area contributed by atoms with Gasteiger partial charge in [-0.1, -0.05) is 12.1 Å². The molecule has 0 aliphatic heterocycles. The number of hydrogen-bond acceptors (Lipinski definition) is 3. The van der Waals surface area contributed by atoms with Crippen LogP contribution >= 0.6 is 0 Å². The Kier molecular flexibility index (Phi) is 6.56. The summed E-state index contributed by atoms with van der Waals surface area (Å²) in [4.78, 5) is 11.6. The van der Waals surface area contributed by atoms with Crippen LogP contribution in [0.3, 0.4) is 0 Å². The number of carbonyl (C=O) groups excluding carboxylic acids is 1. The lowest BCUT2D eigenvalue weighted by Crippen LogP contribution is -2.23. The largest absolute Gasteiger partial charge is 0.457 e. The van der Waals surface area contributed by atoms with Crippen LogP contribution in [0.2, 0.25) is 0 Å². The fourth-order valence-corrected chi connectivity index (χ4v) is 2.00. The quantitative estimate of drug-likeness (QED) is 0.597. The number of ether oxygens (including phenoxy) is 1. The third kappa shape index (κ3) is 5.38. The van der Waals surface area contributed by atoms with Gasteiger partial charge >= 0.3 is 0 Å². The molecule has 1 N–H and O–H groups in total. The van der Waals surface area contributed by atoms with Gasteiger partial charge in [0, 0.05) is 25.8 Å². The van der Waals surface area contributed by atoms with Crippen LogP contribution in [0.5, 0.6) is 0 Å². The molecule has 2 aromatic rings. The summed E-state index contributed by atoms with van der Waals surface area (Å²) in [5, 5.41) is 2.75. The number of furan rings is 1. The first-order chi connectivity index (χ1) is 11.2. The van der Waals surface area contributed by atoms with E-state index in [1.165, 1.54) is 12.1 Å². The fourth-order valence-electron chi connectivity index (χ4n) is 2.00. The van der Waals surface area contributed by atoms with Crippen LogP contribution < -0.4 is 5.32 Å². The van der Waals surface area contributed by atoms with Crippen LogP contribution in [-0.4, -0.2) is 25.7 Å². The van der Waals surface area contributed by atoms with Crippen LogP contribution in [0.15, 0.2) is 46.9 Å². The molecule has 2 rings (SSSR count). The zero-order valence-corrected chi connectivity index (χ0v) is 13.0. The van der Waals surface area contributed by atoms with Crippen molar-refractivity contribution < 1.29 is 18.3 Å². The average molecular weight is 317 g/mol. The van der Waals surface area contributed by atoms with Gasteiger partial charge < -0.3 is 14.5 Å². The fraction of sp³-hybridized carbons (Fsp3) is 0.278. The van der Waals surface area contributed by atoms with E-state index < -0.39 is 0 Å². The van der Waals surface area contributed by atoms with Gasteiger partial charge in [0.1, 0.15) is 17.3 Å². The van der Waals surface area contributed by atoms with E-state index in [-0.39, 0.29) is 11.7 Å². The molecular formula is C18H20FNO3. The minimum atomic E-state index is -0.343. The van der Waals surface area contributed by atoms with Crippen molar-refractivity contribution >= 4 is 12.0 Å². The van der Waals surface area contributed by atoms with E-state index in [1.807, 2.05) is 6.92 Å². The van der Waals surface area contributed by atoms with Gasteiger partial charge in [0.25, 0.3) is 0 Å². The first kappa shape index (κ1) is 17.0. The zero-order chi connectivity index (χ0) is 16.5. The number of hydrogen-bond donors (Lipinski definition) is 1. The molecule has 1 amide bonds. The first-order valence-electron chi connectivity index (χ1n) is 7.59. The topological polar surface area (TPSA) is 51.5 Å². The van der Waals surface area contributed by atoms with E-state index >= 15 is 0 Å². The van der Waals surface area contributed by atoms with Crippen molar-refractivity contribution in [3.63, 3.8) is 0 Å². The molecule has 0 saturated carbocycles. The van der Waals surface area contributed by atoms with Crippen molar-refractivity contribution in [2.45, 2.75) is 13.3 Å². The Morgan fingerprint density at radius 1 is 1.30 bits per heavy atom. The number of rotatable bonds is 8. The Hall–Kier alpha value is -2.40. The molecule has 0 aliphatic rings. The molecule has 0 saturated heterocycles. The minimum absolute atomic E-state index is 0.203. The van der Waals surface area contributed by atoms with E-state index in [4.69, 9.17) is 9.15 Å². The van der Waals surface area contributed by atoms with Crippen LogP contribution in [0, 0.1) is 5.82 Å². The normalized spacial score (nSPS) is 11.0. The predicted octanol–water partition coefficient (Wildman–Crippen LogP) is 3.64. The van der Waals surface area contributed by atoms with E-state index in [2.05, 4.69) is 5.32 Å². The Labute approximate surface area is 135 Å². The van der Waals surface area contributed by atoms with Crippen molar-refractivity contribution in [2.24, 2.45) is 0 Å². The van der Waals surface area contributed by atoms with Gasteiger partial charge in [-0.05, 0) is 43.7 Å². The zero-order valence-electron chi connectivity index (χ0n) is 13.0. The molecule has 1 aromatic heterocycles. The predicted molar refractivity (Wildman–Crippen MR) is 87.3 cm³/mol. The van der Waals surface area contributed by atoms with E-state index in [0.717, 1.165) is 6.42 Å². The molecule has 0 spiro atoms. The van der Waals surface area contributed by atoms with Crippen LogP contribution in [0.25, 0.3) is 17.4 Å². The summed E-state index contributed by atoms with van der Waals surface area (Å²) < 4.78 is 24.4. The average Bonchev–Trinajstić information content (AvgIpc) is 3.02. The smallest absolute Gasteiger partial charge is 0.244 e. The van der Waals surface area contributed by atoms with Crippen molar-refractivity contribution in [3.05, 3.63) is 54.1 Å². The van der Waals surface area contributed by atoms with E-state index in [0.29, 0.717) is 36.8 Å². The second kappa shape index (κ2) is 8.90. The lowest BCUT2D eigenvalue weighted by molar-refractivity contribution is -0.116. The SMILES string of the molecule is CCOCCCNC(=O)/C=C/c1ccc(-c2ccccc2F)o1. The van der Waals surface area contributed by atoms with Crippen LogP contribution in [-0.2, 0) is 9.53 Å². The molecular weight excluding hydrogens is 297 g/mol. The maximum atomic E-state index is 13.7. The lowest BCUT2D eigenvalue weighted by Gasteiger charge is -2.02. The summed E-state index contributed by atoms with van der Waals surface area (Å²) in [6.07, 6.45) is 3.72. The van der Waals surface area contributed by atoms with Crippen molar-refractivity contribution in [3.8, 4) is 11.3 Å². The standard InChI is InChI=1S/C18H20FNO3/c1-2-22-13-5-12-20-18(21)11-9-14-8-10-17(23-14)15-6-3-4-7-16(15)19/h3-4,6-11H,2,5,12-13H2,1H3,(H,20,21)/b11-9+. The molecule has 122 valence electrons. The summed E-state index contributed by atoms with van der Waals surface area (Å²) in [5.41, 5.74) is 0.396. The number of nitrogens with one attached hydrogen (secondary N) is 1. The maximum absolute atomic E-state index is 13.7. The highest BCUT2D eigenvalue weighted by molar-refractivity contribution is 5.91. The van der Waals surface area contributed by atoms with E-state index in [1.54, 1.807) is 36.4 Å². The van der Waals surface area contributed by atoms with Gasteiger partial charge in [0.2, 0.25) is 5.91 Å². The molecule has 4 nitrogen and oxygen atoms in total. The van der Waals surface area contributed by atoms with Crippen molar-refractivity contribution in [1.82, 2.24) is 5.32 Å². The number of carbonyl (C=O) groups is 1. The molecule has 0 atom stereocenters. The highest BCUT2D eigenvalue weighted by Crippen LogP contribution is 2.25. The van der Waals surface area contributed by atoms with Crippen molar-refractivity contribution in [1.29, 1.82) is 0 Å². The number of benzene rings is 1. The third-order valence-corrected chi connectivity index (χ3v) is 3.13. The van der Waals surface area contributed by atoms with Gasteiger partial charge in [0.15, 0.2) is 0 Å². The first-order valence-corrected chi connectivity index (χ1v) is 7.59. The number of halogens is 1. The minimum Gasteiger partial charge on any atom is -0.457 e. The Morgan fingerprint density at radius 2 is 2.13 bits per heavy atom. The van der Waals surface area contributed by atoms with Gasteiger partial charge in [-0.3, -0.25) is 4.79 Å². The highest BCUT2D eigenvalue weighted by Gasteiger charge is 2.08. The Bertz CT molecular complexity index is 664. The molecule has 1 aromatic carbocycles. The molecule has 23 heavy (non-hydrogen) atoms. The molecule has 0 aliphatic carbocycles. The van der Waals surface area contributed by atoms with Gasteiger partial charge in [-0.15, -0.1) is 0 Å². The summed E-state index contributed by atoms with van der Waals surface area (Å²) in [7, 11) is 0. The molecule has 5 heteroatoms. The van der Waals surface area contributed by atoms with Crippen LogP contribution in [0.1, 0.15) is 19.1 Å².